The van der Waals surface area contributed by atoms with Crippen LogP contribution in [0.3, 0.4) is 0 Å². The second-order valence-electron chi connectivity index (χ2n) is 6.32. The number of aromatic nitrogens is 1. The Labute approximate surface area is 134 Å². The Bertz CT molecular complexity index is 527. The first kappa shape index (κ1) is 16.7. The molecule has 0 radical (unpaired) electrons. The van der Waals surface area contributed by atoms with Gasteiger partial charge in [-0.15, -0.1) is 6.58 Å². The maximum Gasteiger partial charge on any atom is 0.139 e. The SMILES string of the molecule is C=CCC[C@@](C)(O)C#CC[NH+]1CCCC[C@@H]1c1cccnc1. The summed E-state index contributed by atoms with van der Waals surface area (Å²) in [5.74, 6) is 6.25. The first-order chi connectivity index (χ1) is 10.6. The van der Waals surface area contributed by atoms with Crippen LogP contribution in [0.25, 0.3) is 0 Å². The zero-order valence-electron chi connectivity index (χ0n) is 13.5. The highest BCUT2D eigenvalue weighted by Crippen LogP contribution is 2.18. The molecule has 118 valence electrons. The summed E-state index contributed by atoms with van der Waals surface area (Å²) in [6, 6.07) is 4.65. The molecule has 0 aliphatic carbocycles. The largest absolute Gasteiger partial charge is 0.378 e. The van der Waals surface area contributed by atoms with E-state index in [4.69, 9.17) is 0 Å². The van der Waals surface area contributed by atoms with Gasteiger partial charge in [-0.25, -0.2) is 0 Å². The summed E-state index contributed by atoms with van der Waals surface area (Å²) in [6.07, 6.45) is 10.8. The molecule has 1 aromatic rings. The number of aliphatic hydroxyl groups is 1. The van der Waals surface area contributed by atoms with Gasteiger partial charge in [-0.1, -0.05) is 18.1 Å². The summed E-state index contributed by atoms with van der Waals surface area (Å²) in [5.41, 5.74) is 0.394. The number of quaternary nitrogens is 1. The van der Waals surface area contributed by atoms with Crippen LogP contribution in [0, 0.1) is 11.8 Å². The van der Waals surface area contributed by atoms with Gasteiger partial charge in [-0.3, -0.25) is 4.98 Å². The van der Waals surface area contributed by atoms with E-state index in [0.717, 1.165) is 19.5 Å². The van der Waals surface area contributed by atoms with E-state index in [-0.39, 0.29) is 0 Å². The third-order valence-corrected chi connectivity index (χ3v) is 4.33. The molecule has 0 aromatic carbocycles. The normalized spacial score (nSPS) is 23.9. The smallest absolute Gasteiger partial charge is 0.139 e. The fraction of sp³-hybridized carbons (Fsp3) is 0.526. The second-order valence-corrected chi connectivity index (χ2v) is 6.32. The summed E-state index contributed by atoms with van der Waals surface area (Å²) in [5, 5.41) is 10.2. The molecule has 22 heavy (non-hydrogen) atoms. The molecule has 2 rings (SSSR count). The lowest BCUT2D eigenvalue weighted by molar-refractivity contribution is -0.930. The lowest BCUT2D eigenvalue weighted by Gasteiger charge is -2.31. The first-order valence-corrected chi connectivity index (χ1v) is 8.20. The molecular weight excluding hydrogens is 272 g/mol. The number of nitrogens with zero attached hydrogens (tertiary/aromatic N) is 1. The van der Waals surface area contributed by atoms with Crippen LogP contribution in [0.5, 0.6) is 0 Å². The molecule has 1 aromatic heterocycles. The molecule has 0 saturated carbocycles. The molecule has 1 unspecified atom stereocenters. The molecule has 3 nitrogen and oxygen atoms in total. The minimum Gasteiger partial charge on any atom is -0.378 e. The molecular formula is C19H27N2O+. The van der Waals surface area contributed by atoms with E-state index in [1.165, 1.54) is 29.7 Å². The molecule has 0 amide bonds. The predicted octanol–water partition coefficient (Wildman–Crippen LogP) is 1.91. The Morgan fingerprint density at radius 1 is 1.55 bits per heavy atom. The average molecular weight is 299 g/mol. The van der Waals surface area contributed by atoms with Crippen molar-refractivity contribution in [1.82, 2.24) is 4.98 Å². The number of allylic oxidation sites excluding steroid dienone is 1. The second kappa shape index (κ2) is 8.12. The zero-order valence-corrected chi connectivity index (χ0v) is 13.5. The molecule has 1 saturated heterocycles. The van der Waals surface area contributed by atoms with Gasteiger partial charge in [-0.2, -0.15) is 0 Å². The summed E-state index contributed by atoms with van der Waals surface area (Å²) in [6.45, 7) is 7.40. The third kappa shape index (κ3) is 4.98. The average Bonchev–Trinajstić information content (AvgIpc) is 2.54. The number of hydrogen-bond donors (Lipinski definition) is 2. The van der Waals surface area contributed by atoms with E-state index in [0.29, 0.717) is 12.5 Å². The number of piperidine rings is 1. The quantitative estimate of drug-likeness (QED) is 0.644. The Kier molecular flexibility index (Phi) is 6.18. The molecule has 2 N–H and O–H groups in total. The molecule has 1 aliphatic heterocycles. The van der Waals surface area contributed by atoms with E-state index in [1.807, 2.05) is 24.5 Å². The minimum absolute atomic E-state index is 0.481. The van der Waals surface area contributed by atoms with Gasteiger partial charge in [0.05, 0.1) is 6.54 Å². The van der Waals surface area contributed by atoms with Crippen LogP contribution in [0.2, 0.25) is 0 Å². The maximum absolute atomic E-state index is 10.2. The maximum atomic E-state index is 10.2. The summed E-state index contributed by atoms with van der Waals surface area (Å²) in [4.78, 5) is 5.74. The van der Waals surface area contributed by atoms with Crippen molar-refractivity contribution in [2.45, 2.75) is 50.7 Å². The fourth-order valence-corrected chi connectivity index (χ4v) is 3.07. The number of pyridine rings is 1. The topological polar surface area (TPSA) is 37.6 Å². The predicted molar refractivity (Wildman–Crippen MR) is 89.4 cm³/mol. The van der Waals surface area contributed by atoms with Crippen LogP contribution in [-0.2, 0) is 0 Å². The van der Waals surface area contributed by atoms with Crippen LogP contribution in [0.1, 0.15) is 50.6 Å². The van der Waals surface area contributed by atoms with Crippen LogP contribution in [0.4, 0.5) is 0 Å². The van der Waals surface area contributed by atoms with Gasteiger partial charge >= 0.3 is 0 Å². The van der Waals surface area contributed by atoms with Crippen LogP contribution in [0.15, 0.2) is 37.2 Å². The van der Waals surface area contributed by atoms with E-state index in [9.17, 15) is 5.11 Å². The van der Waals surface area contributed by atoms with Crippen LogP contribution in [-0.4, -0.2) is 28.8 Å². The first-order valence-electron chi connectivity index (χ1n) is 8.20. The lowest BCUT2D eigenvalue weighted by Crippen LogP contribution is -3.13. The van der Waals surface area contributed by atoms with E-state index in [2.05, 4.69) is 29.5 Å². The molecule has 1 fully saturated rings. The van der Waals surface area contributed by atoms with Crippen molar-refractivity contribution in [1.29, 1.82) is 0 Å². The number of hydrogen-bond acceptors (Lipinski definition) is 2. The van der Waals surface area contributed by atoms with Gasteiger partial charge in [-0.05, 0) is 44.6 Å². The van der Waals surface area contributed by atoms with Crippen molar-refractivity contribution < 1.29 is 10.0 Å². The minimum atomic E-state index is -0.910. The van der Waals surface area contributed by atoms with Gasteiger partial charge in [0.25, 0.3) is 0 Å². The van der Waals surface area contributed by atoms with Gasteiger partial charge in [0.2, 0.25) is 0 Å². The van der Waals surface area contributed by atoms with Gasteiger partial charge < -0.3 is 10.0 Å². The summed E-state index contributed by atoms with van der Waals surface area (Å²) >= 11 is 0. The molecule has 1 aliphatic rings. The molecule has 3 atom stereocenters. The van der Waals surface area contributed by atoms with E-state index >= 15 is 0 Å². The number of rotatable bonds is 5. The molecule has 3 heteroatoms. The molecule has 0 spiro atoms. The third-order valence-electron chi connectivity index (χ3n) is 4.33. The van der Waals surface area contributed by atoms with Crippen LogP contribution < -0.4 is 4.90 Å². The van der Waals surface area contributed by atoms with Gasteiger partial charge in [0.15, 0.2) is 0 Å². The molecule has 0 bridgehead atoms. The Morgan fingerprint density at radius 2 is 2.41 bits per heavy atom. The van der Waals surface area contributed by atoms with E-state index < -0.39 is 5.60 Å². The lowest BCUT2D eigenvalue weighted by atomic mass is 9.96. The van der Waals surface area contributed by atoms with Crippen molar-refractivity contribution in [2.24, 2.45) is 0 Å². The van der Waals surface area contributed by atoms with Crippen molar-refractivity contribution >= 4 is 0 Å². The Morgan fingerprint density at radius 3 is 3.14 bits per heavy atom. The standard InChI is InChI=1S/C19H26N2O/c1-3-4-11-19(2,22)12-8-15-21-14-6-5-10-18(21)17-9-7-13-20-16-17/h3,7,9,13,16,18,22H,1,4-6,10-11,14-15H2,2H3/p+1/t18-,19-/m1/s1. The Hall–Kier alpha value is -1.63. The summed E-state index contributed by atoms with van der Waals surface area (Å²) in [7, 11) is 0. The Balaban J connectivity index is 1.99. The van der Waals surface area contributed by atoms with Crippen molar-refractivity contribution in [2.75, 3.05) is 13.1 Å². The summed E-state index contributed by atoms with van der Waals surface area (Å²) < 4.78 is 0. The van der Waals surface area contributed by atoms with Crippen molar-refractivity contribution in [3.8, 4) is 11.8 Å². The van der Waals surface area contributed by atoms with E-state index in [1.54, 1.807) is 6.92 Å². The highest BCUT2D eigenvalue weighted by Gasteiger charge is 2.27. The van der Waals surface area contributed by atoms with Crippen molar-refractivity contribution in [3.63, 3.8) is 0 Å². The van der Waals surface area contributed by atoms with Gasteiger partial charge in [0, 0.05) is 24.4 Å². The highest BCUT2D eigenvalue weighted by atomic mass is 16.3. The van der Waals surface area contributed by atoms with Crippen LogP contribution >= 0.6 is 0 Å². The number of likely N-dealkylation sites (tertiary alicyclic amines) is 1. The zero-order chi connectivity index (χ0) is 15.8. The number of nitrogens with one attached hydrogen (secondary N) is 1. The van der Waals surface area contributed by atoms with Crippen molar-refractivity contribution in [3.05, 3.63) is 42.7 Å². The fourth-order valence-electron chi connectivity index (χ4n) is 3.07. The monoisotopic (exact) mass is 299 g/mol. The van der Waals surface area contributed by atoms with Gasteiger partial charge in [0.1, 0.15) is 18.2 Å². The highest BCUT2D eigenvalue weighted by molar-refractivity contribution is 5.14. The molecule has 2 heterocycles.